The molecular formula is C14H21NO3. The number of hydrogen-bond acceptors (Lipinski definition) is 4. The molecular weight excluding hydrogens is 230 g/mol. The Balaban J connectivity index is 2.98. The number of hydrogen-bond donors (Lipinski definition) is 0. The lowest BCUT2D eigenvalue weighted by Gasteiger charge is -2.26. The monoisotopic (exact) mass is 251 g/mol. The minimum Gasteiger partial charge on any atom is -0.492 e. The van der Waals surface area contributed by atoms with Gasteiger partial charge in [-0.3, -0.25) is 9.78 Å². The highest BCUT2D eigenvalue weighted by atomic mass is 16.5. The number of nitrogens with zero attached hydrogens (tertiary/aromatic N) is 1. The molecule has 1 atom stereocenters. The van der Waals surface area contributed by atoms with Crippen LogP contribution in [0, 0.1) is 0 Å². The van der Waals surface area contributed by atoms with Crippen LogP contribution in [0.25, 0.3) is 0 Å². The van der Waals surface area contributed by atoms with E-state index < -0.39 is 5.60 Å². The van der Waals surface area contributed by atoms with Crippen molar-refractivity contribution in [2.75, 3.05) is 13.2 Å². The molecule has 1 heterocycles. The molecule has 0 saturated heterocycles. The number of ketones is 1. The lowest BCUT2D eigenvalue weighted by molar-refractivity contribution is -0.0116. The van der Waals surface area contributed by atoms with Gasteiger partial charge in [0.1, 0.15) is 11.4 Å². The smallest absolute Gasteiger partial charge is 0.195 e. The summed E-state index contributed by atoms with van der Waals surface area (Å²) in [5.74, 6) is 0.555. The van der Waals surface area contributed by atoms with E-state index in [-0.39, 0.29) is 5.78 Å². The van der Waals surface area contributed by atoms with E-state index in [1.54, 1.807) is 18.5 Å². The molecule has 0 amide bonds. The summed E-state index contributed by atoms with van der Waals surface area (Å²) in [7, 11) is 0. The standard InChI is InChI=1S/C14H21NO3/c1-5-14(4,18-7-3)13(16)11-8-12(17-6-2)10-15-9-11/h8-10H,5-7H2,1-4H3. The van der Waals surface area contributed by atoms with Gasteiger partial charge >= 0.3 is 0 Å². The van der Waals surface area contributed by atoms with E-state index in [1.807, 2.05) is 27.7 Å². The lowest BCUT2D eigenvalue weighted by Crippen LogP contribution is -2.38. The van der Waals surface area contributed by atoms with Crippen LogP contribution < -0.4 is 4.74 Å². The summed E-state index contributed by atoms with van der Waals surface area (Å²) in [6, 6.07) is 1.71. The van der Waals surface area contributed by atoms with Crippen LogP contribution in [0.3, 0.4) is 0 Å². The van der Waals surface area contributed by atoms with Gasteiger partial charge in [0.05, 0.1) is 12.8 Å². The zero-order valence-corrected chi connectivity index (χ0v) is 11.5. The highest BCUT2D eigenvalue weighted by molar-refractivity contribution is 6.02. The lowest BCUT2D eigenvalue weighted by atomic mass is 9.93. The zero-order valence-electron chi connectivity index (χ0n) is 11.5. The highest BCUT2D eigenvalue weighted by Gasteiger charge is 2.33. The van der Waals surface area contributed by atoms with Crippen LogP contribution in [0.1, 0.15) is 44.5 Å². The summed E-state index contributed by atoms with van der Waals surface area (Å²) in [6.07, 6.45) is 3.78. The van der Waals surface area contributed by atoms with Crippen molar-refractivity contribution >= 4 is 5.78 Å². The SMILES string of the molecule is CCOc1cncc(C(=O)C(C)(CC)OCC)c1. The number of carbonyl (C=O) groups is 1. The molecule has 0 aliphatic rings. The summed E-state index contributed by atoms with van der Waals surface area (Å²) >= 11 is 0. The van der Waals surface area contributed by atoms with Gasteiger partial charge in [-0.05, 0) is 33.3 Å². The van der Waals surface area contributed by atoms with E-state index in [2.05, 4.69) is 4.98 Å². The number of pyridine rings is 1. The van der Waals surface area contributed by atoms with Crippen molar-refractivity contribution in [1.29, 1.82) is 0 Å². The van der Waals surface area contributed by atoms with Crippen molar-refractivity contribution in [3.8, 4) is 5.75 Å². The molecule has 4 nitrogen and oxygen atoms in total. The van der Waals surface area contributed by atoms with Crippen LogP contribution >= 0.6 is 0 Å². The zero-order chi connectivity index (χ0) is 13.6. The third kappa shape index (κ3) is 3.29. The van der Waals surface area contributed by atoms with E-state index in [0.29, 0.717) is 30.9 Å². The molecule has 1 rings (SSSR count). The fraction of sp³-hybridized carbons (Fsp3) is 0.571. The molecule has 0 N–H and O–H groups in total. The molecule has 0 aromatic carbocycles. The van der Waals surface area contributed by atoms with E-state index in [1.165, 1.54) is 0 Å². The molecule has 0 saturated carbocycles. The third-order valence-electron chi connectivity index (χ3n) is 2.90. The number of aromatic nitrogens is 1. The summed E-state index contributed by atoms with van der Waals surface area (Å²) in [5, 5.41) is 0. The van der Waals surface area contributed by atoms with Crippen LogP contribution in [0.5, 0.6) is 5.75 Å². The minimum absolute atomic E-state index is 0.0547. The van der Waals surface area contributed by atoms with E-state index >= 15 is 0 Å². The highest BCUT2D eigenvalue weighted by Crippen LogP contribution is 2.23. The van der Waals surface area contributed by atoms with Gasteiger partial charge in [-0.15, -0.1) is 0 Å². The molecule has 0 spiro atoms. The van der Waals surface area contributed by atoms with Gasteiger partial charge in [0, 0.05) is 18.4 Å². The molecule has 0 bridgehead atoms. The Bertz CT molecular complexity index is 406. The molecule has 18 heavy (non-hydrogen) atoms. The maximum Gasteiger partial charge on any atom is 0.195 e. The number of ether oxygens (including phenoxy) is 2. The van der Waals surface area contributed by atoms with Crippen molar-refractivity contribution in [2.24, 2.45) is 0 Å². The van der Waals surface area contributed by atoms with Crippen molar-refractivity contribution < 1.29 is 14.3 Å². The van der Waals surface area contributed by atoms with Crippen LogP contribution in [-0.2, 0) is 4.74 Å². The topological polar surface area (TPSA) is 48.4 Å². The Morgan fingerprint density at radius 3 is 2.56 bits per heavy atom. The molecule has 0 aliphatic carbocycles. The fourth-order valence-electron chi connectivity index (χ4n) is 1.74. The van der Waals surface area contributed by atoms with Gasteiger partial charge in [-0.1, -0.05) is 6.92 Å². The van der Waals surface area contributed by atoms with Crippen molar-refractivity contribution in [3.63, 3.8) is 0 Å². The van der Waals surface area contributed by atoms with Gasteiger partial charge in [-0.25, -0.2) is 0 Å². The predicted octanol–water partition coefficient (Wildman–Crippen LogP) is 2.87. The Morgan fingerprint density at radius 1 is 1.28 bits per heavy atom. The quantitative estimate of drug-likeness (QED) is 0.699. The molecule has 1 aromatic rings. The summed E-state index contributed by atoms with van der Waals surface area (Å²) in [5.41, 5.74) is -0.264. The maximum atomic E-state index is 12.4. The van der Waals surface area contributed by atoms with Gasteiger partial charge < -0.3 is 9.47 Å². The first-order valence-electron chi connectivity index (χ1n) is 6.34. The van der Waals surface area contributed by atoms with Crippen LogP contribution in [0.2, 0.25) is 0 Å². The largest absolute Gasteiger partial charge is 0.492 e. The molecule has 1 unspecified atom stereocenters. The molecule has 0 aliphatic heterocycles. The van der Waals surface area contributed by atoms with Crippen molar-refractivity contribution in [3.05, 3.63) is 24.0 Å². The maximum absolute atomic E-state index is 12.4. The van der Waals surface area contributed by atoms with Crippen molar-refractivity contribution in [2.45, 2.75) is 39.7 Å². The first-order valence-corrected chi connectivity index (χ1v) is 6.34. The van der Waals surface area contributed by atoms with Crippen LogP contribution in [-0.4, -0.2) is 29.6 Å². The second-order valence-electron chi connectivity index (χ2n) is 4.19. The first-order chi connectivity index (χ1) is 8.57. The molecule has 0 fully saturated rings. The van der Waals surface area contributed by atoms with Gasteiger partial charge in [0.25, 0.3) is 0 Å². The Labute approximate surface area is 108 Å². The molecule has 4 heteroatoms. The number of carbonyl (C=O) groups excluding carboxylic acids is 1. The fourth-order valence-corrected chi connectivity index (χ4v) is 1.74. The number of Topliss-reactive ketones (excluding diaryl/α,β-unsaturated/α-hetero) is 1. The molecule has 100 valence electrons. The Kier molecular flexibility index (Phi) is 5.28. The van der Waals surface area contributed by atoms with Crippen molar-refractivity contribution in [1.82, 2.24) is 4.98 Å². The molecule has 0 radical (unpaired) electrons. The summed E-state index contributed by atoms with van der Waals surface area (Å²) in [6.45, 7) is 8.59. The summed E-state index contributed by atoms with van der Waals surface area (Å²) in [4.78, 5) is 16.5. The van der Waals surface area contributed by atoms with Gasteiger partial charge in [0.2, 0.25) is 0 Å². The Hall–Kier alpha value is -1.42. The second kappa shape index (κ2) is 6.50. The van der Waals surface area contributed by atoms with Gasteiger partial charge in [-0.2, -0.15) is 0 Å². The third-order valence-corrected chi connectivity index (χ3v) is 2.90. The van der Waals surface area contributed by atoms with Gasteiger partial charge in [0.15, 0.2) is 5.78 Å². The predicted molar refractivity (Wildman–Crippen MR) is 70.1 cm³/mol. The minimum atomic E-state index is -0.790. The normalized spacial score (nSPS) is 14.0. The van der Waals surface area contributed by atoms with Crippen LogP contribution in [0.4, 0.5) is 0 Å². The second-order valence-corrected chi connectivity index (χ2v) is 4.19. The summed E-state index contributed by atoms with van der Waals surface area (Å²) < 4.78 is 10.9. The number of rotatable bonds is 7. The van der Waals surface area contributed by atoms with E-state index in [9.17, 15) is 4.79 Å². The molecule has 1 aromatic heterocycles. The first kappa shape index (κ1) is 14.6. The van der Waals surface area contributed by atoms with E-state index in [4.69, 9.17) is 9.47 Å². The average molecular weight is 251 g/mol. The van der Waals surface area contributed by atoms with Crippen LogP contribution in [0.15, 0.2) is 18.5 Å². The Morgan fingerprint density at radius 2 is 2.00 bits per heavy atom. The average Bonchev–Trinajstić information content (AvgIpc) is 2.39. The van der Waals surface area contributed by atoms with E-state index in [0.717, 1.165) is 0 Å².